The lowest BCUT2D eigenvalue weighted by Gasteiger charge is -2.28. The summed E-state index contributed by atoms with van der Waals surface area (Å²) in [6, 6.07) is 14.2. The molecule has 0 bridgehead atoms. The van der Waals surface area contributed by atoms with E-state index in [0.717, 1.165) is 30.9 Å². The van der Waals surface area contributed by atoms with Crippen molar-refractivity contribution in [2.75, 3.05) is 33.8 Å². The molecule has 28 heavy (non-hydrogen) atoms. The number of methoxy groups -OCH3 is 1. The second-order valence-electron chi connectivity index (χ2n) is 7.82. The standard InChI is InChI=1S/C22H27FN2O.2ClH/c1-15-6-4-5-7-19(15)22-20-14-25(13-17(20)11-24(22)2)12-16-10-18(26-3)8-9-21(16)23;;/h4-10,17,20,22H,11-14H2,1-3H3;2*1H/t17-,20+,22-;;/m0../s1. The van der Waals surface area contributed by atoms with E-state index < -0.39 is 0 Å². The molecule has 0 aliphatic carbocycles. The molecule has 0 amide bonds. The minimum atomic E-state index is -0.143. The highest BCUT2D eigenvalue weighted by Gasteiger charge is 2.46. The van der Waals surface area contributed by atoms with Crippen molar-refractivity contribution in [3.63, 3.8) is 0 Å². The molecule has 0 unspecified atom stereocenters. The second-order valence-corrected chi connectivity index (χ2v) is 7.82. The topological polar surface area (TPSA) is 15.7 Å². The van der Waals surface area contributed by atoms with E-state index in [1.54, 1.807) is 13.2 Å². The van der Waals surface area contributed by atoms with Crippen LogP contribution in [0.15, 0.2) is 42.5 Å². The maximum Gasteiger partial charge on any atom is 0.127 e. The third-order valence-corrected chi connectivity index (χ3v) is 6.12. The zero-order chi connectivity index (χ0) is 18.3. The van der Waals surface area contributed by atoms with Crippen LogP contribution in [0.4, 0.5) is 4.39 Å². The third-order valence-electron chi connectivity index (χ3n) is 6.12. The summed E-state index contributed by atoms with van der Waals surface area (Å²) in [5, 5.41) is 0. The molecule has 4 rings (SSSR count). The zero-order valence-electron chi connectivity index (χ0n) is 16.6. The van der Waals surface area contributed by atoms with Gasteiger partial charge in [0.05, 0.1) is 7.11 Å². The minimum Gasteiger partial charge on any atom is -0.497 e. The Morgan fingerprint density at radius 3 is 2.54 bits per heavy atom. The first-order valence-electron chi connectivity index (χ1n) is 9.37. The van der Waals surface area contributed by atoms with E-state index in [0.29, 0.717) is 24.4 Å². The summed E-state index contributed by atoms with van der Waals surface area (Å²) in [7, 11) is 3.86. The number of aryl methyl sites for hydroxylation is 1. The van der Waals surface area contributed by atoms with Crippen LogP contribution in [0, 0.1) is 24.6 Å². The molecule has 2 aliphatic rings. The lowest BCUT2D eigenvalue weighted by Crippen LogP contribution is -2.29. The van der Waals surface area contributed by atoms with Gasteiger partial charge in [-0.05, 0) is 55.1 Å². The van der Waals surface area contributed by atoms with Crippen LogP contribution >= 0.6 is 24.8 Å². The molecule has 3 atom stereocenters. The van der Waals surface area contributed by atoms with Crippen LogP contribution in [-0.4, -0.2) is 43.6 Å². The van der Waals surface area contributed by atoms with Gasteiger partial charge in [-0.1, -0.05) is 24.3 Å². The van der Waals surface area contributed by atoms with Crippen LogP contribution in [-0.2, 0) is 6.54 Å². The van der Waals surface area contributed by atoms with Gasteiger partial charge in [0.15, 0.2) is 0 Å². The molecule has 2 heterocycles. The Bertz CT molecular complexity index is 804. The highest BCUT2D eigenvalue weighted by molar-refractivity contribution is 5.85. The first-order chi connectivity index (χ1) is 12.6. The second kappa shape index (κ2) is 9.45. The number of fused-ring (bicyclic) bond motifs is 1. The molecule has 0 radical (unpaired) electrons. The fourth-order valence-electron chi connectivity index (χ4n) is 4.91. The van der Waals surface area contributed by atoms with Gasteiger partial charge >= 0.3 is 0 Å². The van der Waals surface area contributed by atoms with Gasteiger partial charge in [-0.2, -0.15) is 0 Å². The summed E-state index contributed by atoms with van der Waals surface area (Å²) in [5.74, 6) is 1.83. The number of likely N-dealkylation sites (tertiary alicyclic amines) is 2. The summed E-state index contributed by atoms with van der Waals surface area (Å²) in [4.78, 5) is 4.91. The molecule has 0 aromatic heterocycles. The normalized spacial score (nSPS) is 24.4. The summed E-state index contributed by atoms with van der Waals surface area (Å²) in [6.07, 6.45) is 0. The molecule has 2 saturated heterocycles. The molecule has 2 aromatic carbocycles. The molecule has 3 nitrogen and oxygen atoms in total. The molecule has 0 spiro atoms. The maximum absolute atomic E-state index is 14.2. The van der Waals surface area contributed by atoms with E-state index in [-0.39, 0.29) is 30.6 Å². The Hall–Kier alpha value is -1.33. The first-order valence-corrected chi connectivity index (χ1v) is 9.37. The van der Waals surface area contributed by atoms with Crippen molar-refractivity contribution in [1.29, 1.82) is 0 Å². The van der Waals surface area contributed by atoms with Crippen molar-refractivity contribution in [2.24, 2.45) is 11.8 Å². The average molecular weight is 427 g/mol. The fourth-order valence-corrected chi connectivity index (χ4v) is 4.91. The monoisotopic (exact) mass is 426 g/mol. The molecule has 0 saturated carbocycles. The Morgan fingerprint density at radius 2 is 1.82 bits per heavy atom. The molecule has 2 aromatic rings. The minimum absolute atomic E-state index is 0. The predicted octanol–water partition coefficient (Wildman–Crippen LogP) is 4.72. The van der Waals surface area contributed by atoms with Gasteiger partial charge in [0.25, 0.3) is 0 Å². The van der Waals surface area contributed by atoms with Crippen molar-refractivity contribution in [3.8, 4) is 5.75 Å². The van der Waals surface area contributed by atoms with Crippen LogP contribution < -0.4 is 4.74 Å². The van der Waals surface area contributed by atoms with Crippen LogP contribution in [0.1, 0.15) is 22.7 Å². The lowest BCUT2D eigenvalue weighted by atomic mass is 9.88. The van der Waals surface area contributed by atoms with Gasteiger partial charge in [0, 0.05) is 37.8 Å². The number of hydrogen-bond acceptors (Lipinski definition) is 3. The highest BCUT2D eigenvalue weighted by Crippen LogP contribution is 2.45. The SMILES string of the molecule is COc1ccc(F)c(CN2C[C@@H]3CN(C)[C@@H](c4ccccc4C)[C@@H]3C2)c1.Cl.Cl. The van der Waals surface area contributed by atoms with Crippen molar-refractivity contribution < 1.29 is 9.13 Å². The van der Waals surface area contributed by atoms with Crippen LogP contribution in [0.5, 0.6) is 5.75 Å². The predicted molar refractivity (Wildman–Crippen MR) is 116 cm³/mol. The van der Waals surface area contributed by atoms with Gasteiger partial charge in [-0.25, -0.2) is 4.39 Å². The molecule has 2 fully saturated rings. The molecule has 6 heteroatoms. The molecular weight excluding hydrogens is 398 g/mol. The number of nitrogens with zero attached hydrogens (tertiary/aromatic N) is 2. The first kappa shape index (κ1) is 23.0. The Balaban J connectivity index is 0.00000140. The Kier molecular flexibility index (Phi) is 7.74. The quantitative estimate of drug-likeness (QED) is 0.702. The largest absolute Gasteiger partial charge is 0.497 e. The number of benzene rings is 2. The number of rotatable bonds is 4. The van der Waals surface area contributed by atoms with Gasteiger partial charge in [0.2, 0.25) is 0 Å². The Labute approximate surface area is 179 Å². The van der Waals surface area contributed by atoms with Crippen LogP contribution in [0.3, 0.4) is 0 Å². The Morgan fingerprint density at radius 1 is 1.07 bits per heavy atom. The molecular formula is C22H29Cl2FN2O. The van der Waals surface area contributed by atoms with Crippen molar-refractivity contribution in [2.45, 2.75) is 19.5 Å². The van der Waals surface area contributed by atoms with E-state index in [9.17, 15) is 4.39 Å². The van der Waals surface area contributed by atoms with Crippen LogP contribution in [0.2, 0.25) is 0 Å². The van der Waals surface area contributed by atoms with E-state index in [1.807, 2.05) is 6.07 Å². The lowest BCUT2D eigenvalue weighted by molar-refractivity contribution is 0.222. The van der Waals surface area contributed by atoms with E-state index >= 15 is 0 Å². The van der Waals surface area contributed by atoms with Crippen molar-refractivity contribution >= 4 is 24.8 Å². The summed E-state index contributed by atoms with van der Waals surface area (Å²) in [6.45, 7) is 6.02. The van der Waals surface area contributed by atoms with Crippen molar-refractivity contribution in [3.05, 3.63) is 65.0 Å². The van der Waals surface area contributed by atoms with Gasteiger partial charge in [-0.15, -0.1) is 24.8 Å². The van der Waals surface area contributed by atoms with Crippen LogP contribution in [0.25, 0.3) is 0 Å². The van der Waals surface area contributed by atoms with E-state index in [4.69, 9.17) is 4.74 Å². The average Bonchev–Trinajstić information content (AvgIpc) is 3.13. The molecule has 2 aliphatic heterocycles. The summed E-state index contributed by atoms with van der Waals surface area (Å²) < 4.78 is 19.5. The van der Waals surface area contributed by atoms with Gasteiger partial charge < -0.3 is 4.74 Å². The van der Waals surface area contributed by atoms with E-state index in [2.05, 4.69) is 48.0 Å². The van der Waals surface area contributed by atoms with Gasteiger partial charge in [-0.3, -0.25) is 9.80 Å². The summed E-state index contributed by atoms with van der Waals surface area (Å²) in [5.41, 5.74) is 3.53. The number of ether oxygens (including phenoxy) is 1. The molecule has 154 valence electrons. The number of halogens is 3. The van der Waals surface area contributed by atoms with Gasteiger partial charge in [0.1, 0.15) is 11.6 Å². The zero-order valence-corrected chi connectivity index (χ0v) is 18.2. The molecule has 0 N–H and O–H groups in total. The maximum atomic E-state index is 14.2. The van der Waals surface area contributed by atoms with Crippen molar-refractivity contribution in [1.82, 2.24) is 9.80 Å². The highest BCUT2D eigenvalue weighted by atomic mass is 35.5. The third kappa shape index (κ3) is 4.30. The number of hydrogen-bond donors (Lipinski definition) is 0. The smallest absolute Gasteiger partial charge is 0.127 e. The fraction of sp³-hybridized carbons (Fsp3) is 0.455. The summed E-state index contributed by atoms with van der Waals surface area (Å²) >= 11 is 0. The van der Waals surface area contributed by atoms with E-state index in [1.165, 1.54) is 17.2 Å².